The lowest BCUT2D eigenvalue weighted by Crippen LogP contribution is -2.81. The van der Waals surface area contributed by atoms with Gasteiger partial charge in [0.2, 0.25) is 5.95 Å². The van der Waals surface area contributed by atoms with Crippen LogP contribution in [0.15, 0.2) is 36.7 Å². The van der Waals surface area contributed by atoms with Crippen molar-refractivity contribution in [3.05, 3.63) is 42.4 Å². The monoisotopic (exact) mass is 520 g/mol. The molecule has 1 aromatic carbocycles. The maximum Gasteiger partial charge on any atom is 0.225 e. The van der Waals surface area contributed by atoms with Crippen LogP contribution in [0.3, 0.4) is 0 Å². The maximum absolute atomic E-state index is 9.06. The van der Waals surface area contributed by atoms with Crippen molar-refractivity contribution < 1.29 is 0 Å². The number of nitrogens with one attached hydrogen (secondary N) is 3. The molecule has 0 amide bonds. The van der Waals surface area contributed by atoms with Crippen molar-refractivity contribution in [3.63, 3.8) is 0 Å². The Morgan fingerprint density at radius 1 is 1.10 bits per heavy atom. The van der Waals surface area contributed by atoms with Crippen molar-refractivity contribution in [2.24, 2.45) is 0 Å². The quantitative estimate of drug-likeness (QED) is 0.294. The normalized spacial score (nSPS) is 27.3. The molecule has 8 rings (SSSR count). The predicted molar refractivity (Wildman–Crippen MR) is 149 cm³/mol. The zero-order valence-electron chi connectivity index (χ0n) is 22.1. The largest absolute Gasteiger partial charge is 0.351 e. The molecule has 3 aromatic heterocycles. The van der Waals surface area contributed by atoms with Crippen LogP contribution in [0.25, 0.3) is 22.0 Å². The summed E-state index contributed by atoms with van der Waals surface area (Å²) in [6, 6.07) is 12.8. The molecule has 4 atom stereocenters. The summed E-state index contributed by atoms with van der Waals surface area (Å²) in [6.07, 6.45) is 12.8. The average molecular weight is 521 g/mol. The van der Waals surface area contributed by atoms with Crippen LogP contribution in [-0.2, 0) is 0 Å². The van der Waals surface area contributed by atoms with E-state index in [2.05, 4.69) is 66.0 Å². The van der Waals surface area contributed by atoms with Gasteiger partial charge in [0.15, 0.2) is 5.82 Å². The van der Waals surface area contributed by atoms with Crippen LogP contribution < -0.4 is 10.6 Å². The molecular formula is C29H32N10. The van der Waals surface area contributed by atoms with Gasteiger partial charge in [-0.3, -0.25) is 14.7 Å². The van der Waals surface area contributed by atoms with E-state index in [1.165, 1.54) is 25.7 Å². The Bertz CT molecular complexity index is 1590. The van der Waals surface area contributed by atoms with Gasteiger partial charge in [-0.05, 0) is 69.6 Å². The lowest BCUT2D eigenvalue weighted by Gasteiger charge is -2.74. The first-order valence-electron chi connectivity index (χ1n) is 14.1. The van der Waals surface area contributed by atoms with Gasteiger partial charge in [0.25, 0.3) is 0 Å². The predicted octanol–water partition coefficient (Wildman–Crippen LogP) is 5.07. The van der Waals surface area contributed by atoms with E-state index in [0.717, 1.165) is 58.6 Å². The highest BCUT2D eigenvalue weighted by molar-refractivity contribution is 5.94. The zero-order chi connectivity index (χ0) is 26.1. The number of hydrogen-bond donors (Lipinski definition) is 3. The number of nitriles is 1. The summed E-state index contributed by atoms with van der Waals surface area (Å²) in [6.45, 7) is 1.99. The molecule has 4 fully saturated rings. The van der Waals surface area contributed by atoms with E-state index in [-0.39, 0.29) is 0 Å². The second-order valence-electron chi connectivity index (χ2n) is 11.9. The molecule has 1 saturated carbocycles. The fraction of sp³-hybridized carbons (Fsp3) is 0.483. The molecule has 4 aromatic rings. The van der Waals surface area contributed by atoms with Gasteiger partial charge in [-0.25, -0.2) is 4.98 Å². The van der Waals surface area contributed by atoms with Crippen LogP contribution in [-0.4, -0.2) is 58.5 Å². The fourth-order valence-electron chi connectivity index (χ4n) is 7.38. The van der Waals surface area contributed by atoms with Crippen LogP contribution >= 0.6 is 0 Å². The molecule has 6 heterocycles. The number of benzene rings is 1. The number of aryl methyl sites for hydroxylation is 1. The van der Waals surface area contributed by atoms with Crippen LogP contribution in [0.5, 0.6) is 0 Å². The molecule has 39 heavy (non-hydrogen) atoms. The summed E-state index contributed by atoms with van der Waals surface area (Å²) in [5, 5.41) is 29.1. The van der Waals surface area contributed by atoms with Gasteiger partial charge in [-0.2, -0.15) is 20.4 Å². The van der Waals surface area contributed by atoms with Gasteiger partial charge in [-0.15, -0.1) is 0 Å². The van der Waals surface area contributed by atoms with Crippen molar-refractivity contribution in [1.82, 2.24) is 34.8 Å². The number of anilines is 3. The highest BCUT2D eigenvalue weighted by atomic mass is 15.4. The van der Waals surface area contributed by atoms with Gasteiger partial charge in [0.05, 0.1) is 23.8 Å². The molecule has 3 aliphatic heterocycles. The van der Waals surface area contributed by atoms with Crippen LogP contribution in [0.2, 0.25) is 0 Å². The van der Waals surface area contributed by atoms with Gasteiger partial charge in [0, 0.05) is 59.0 Å². The summed E-state index contributed by atoms with van der Waals surface area (Å²) in [5.74, 6) is 2.13. The first-order valence-corrected chi connectivity index (χ1v) is 14.1. The lowest BCUT2D eigenvalue weighted by molar-refractivity contribution is -0.222. The number of rotatable bonds is 8. The number of piperidine rings is 2. The Morgan fingerprint density at radius 3 is 2.69 bits per heavy atom. The van der Waals surface area contributed by atoms with E-state index in [1.54, 1.807) is 0 Å². The standard InChI is InChI=1S/C29H32N10/c1-17-9-26(37-36-17)34-27-24-6-3-18(19-15-31-38(16-19)21-4-5-21)10-25(24)33-28(35-27)32-20-11-22-13-29(7-2-8-30)14-23(12-20)39(22)29/h3,6,9-10,15-16,20-23H,2,4-5,7,11-14H2,1H3,(H3,32,33,34,35,36,37)/t20?,22-,23+,29?. The minimum atomic E-state index is 0.317. The second kappa shape index (κ2) is 8.52. The molecule has 3 N–H and O–H groups in total. The summed E-state index contributed by atoms with van der Waals surface area (Å²) in [5.41, 5.74) is 4.41. The molecule has 3 saturated heterocycles. The van der Waals surface area contributed by atoms with Gasteiger partial charge < -0.3 is 10.6 Å². The zero-order valence-corrected chi connectivity index (χ0v) is 22.1. The average Bonchev–Trinajstić information content (AvgIpc) is 3.48. The molecule has 198 valence electrons. The molecule has 0 bridgehead atoms. The van der Waals surface area contributed by atoms with Crippen molar-refractivity contribution in [1.29, 1.82) is 5.26 Å². The molecule has 1 aliphatic carbocycles. The topological polar surface area (TPSA) is 123 Å². The molecule has 10 nitrogen and oxygen atoms in total. The van der Waals surface area contributed by atoms with Crippen molar-refractivity contribution >= 4 is 28.5 Å². The van der Waals surface area contributed by atoms with Crippen LogP contribution in [0.4, 0.5) is 17.6 Å². The molecular weight excluding hydrogens is 488 g/mol. The Kier molecular flexibility index (Phi) is 5.01. The number of fused-ring (bicyclic) bond motifs is 1. The summed E-state index contributed by atoms with van der Waals surface area (Å²) < 4.78 is 2.08. The molecule has 2 unspecified atom stereocenters. The van der Waals surface area contributed by atoms with Gasteiger partial charge >= 0.3 is 0 Å². The summed E-state index contributed by atoms with van der Waals surface area (Å²) >= 11 is 0. The van der Waals surface area contributed by atoms with E-state index < -0.39 is 0 Å². The van der Waals surface area contributed by atoms with E-state index in [9.17, 15) is 0 Å². The third-order valence-electron chi connectivity index (χ3n) is 9.22. The maximum atomic E-state index is 9.06. The number of aromatic nitrogens is 6. The van der Waals surface area contributed by atoms with E-state index in [4.69, 9.17) is 15.2 Å². The number of hydrogen-bond acceptors (Lipinski definition) is 8. The Morgan fingerprint density at radius 2 is 1.95 bits per heavy atom. The highest BCUT2D eigenvalue weighted by Crippen LogP contribution is 2.58. The first-order chi connectivity index (χ1) is 19.1. The minimum Gasteiger partial charge on any atom is -0.351 e. The fourth-order valence-corrected chi connectivity index (χ4v) is 7.38. The third-order valence-corrected chi connectivity index (χ3v) is 9.22. The van der Waals surface area contributed by atoms with Gasteiger partial charge in [0.1, 0.15) is 5.82 Å². The van der Waals surface area contributed by atoms with Crippen LogP contribution in [0, 0.1) is 18.3 Å². The van der Waals surface area contributed by atoms with E-state index in [1.807, 2.05) is 19.2 Å². The molecule has 0 spiro atoms. The third kappa shape index (κ3) is 3.87. The Hall–Kier alpha value is -3.97. The number of nitrogens with zero attached hydrogens (tertiary/aromatic N) is 7. The first kappa shape index (κ1) is 23.0. The van der Waals surface area contributed by atoms with Crippen molar-refractivity contribution in [3.8, 4) is 17.2 Å². The van der Waals surface area contributed by atoms with E-state index >= 15 is 0 Å². The lowest BCUT2D eigenvalue weighted by atomic mass is 9.57. The van der Waals surface area contributed by atoms with Crippen molar-refractivity contribution in [2.45, 2.75) is 88.0 Å². The Labute approximate surface area is 226 Å². The Balaban J connectivity index is 1.08. The number of aromatic amines is 1. The van der Waals surface area contributed by atoms with Crippen molar-refractivity contribution in [2.75, 3.05) is 10.6 Å². The van der Waals surface area contributed by atoms with Gasteiger partial charge in [-0.1, -0.05) is 6.07 Å². The molecule has 0 radical (unpaired) electrons. The van der Waals surface area contributed by atoms with Crippen LogP contribution in [0.1, 0.15) is 63.1 Å². The highest BCUT2D eigenvalue weighted by Gasteiger charge is 2.64. The smallest absolute Gasteiger partial charge is 0.225 e. The summed E-state index contributed by atoms with van der Waals surface area (Å²) in [7, 11) is 0. The summed E-state index contributed by atoms with van der Waals surface area (Å²) in [4.78, 5) is 12.6. The SMILES string of the molecule is Cc1cc(Nc2nc(NC3C[C@@H]4CC5(CCC#N)C[C@H](C3)N45)nc3cc(-c4cnn(C5CC5)c4)ccc23)n[nH]1. The molecule has 10 heteroatoms. The molecule has 4 aliphatic rings. The second-order valence-corrected chi connectivity index (χ2v) is 11.9. The van der Waals surface area contributed by atoms with E-state index in [0.29, 0.717) is 42.1 Å². The number of H-pyrrole nitrogens is 1. The minimum absolute atomic E-state index is 0.317.